The Balaban J connectivity index is 1.64. The summed E-state index contributed by atoms with van der Waals surface area (Å²) in [6, 6.07) is 4.77. The van der Waals surface area contributed by atoms with E-state index in [1.54, 1.807) is 0 Å². The maximum Gasteiger partial charge on any atom is 0.147 e. The molecule has 4 aromatic heterocycles. The van der Waals surface area contributed by atoms with Crippen molar-refractivity contribution in [2.45, 2.75) is 38.6 Å². The highest BCUT2D eigenvalue weighted by atomic mass is 79.9. The van der Waals surface area contributed by atoms with Crippen LogP contribution < -0.4 is 0 Å². The van der Waals surface area contributed by atoms with Crippen molar-refractivity contribution in [1.82, 2.24) is 24.1 Å². The van der Waals surface area contributed by atoms with Gasteiger partial charge in [-0.1, -0.05) is 12.8 Å². The zero-order chi connectivity index (χ0) is 17.0. The van der Waals surface area contributed by atoms with Crippen LogP contribution in [-0.4, -0.2) is 24.1 Å². The Morgan fingerprint density at radius 2 is 2.00 bits per heavy atom. The van der Waals surface area contributed by atoms with Crippen LogP contribution in [0.5, 0.6) is 0 Å². The fourth-order valence-corrected chi connectivity index (χ4v) is 4.16. The standard InChI is InChI=1S/C19H18BrN5/c1-12-18(20)23-19-16-8-13(9-21-17(16)6-7-24(12)19)14-10-22-25(11-14)15-4-2-3-5-15/h6-11,15H,2-5H2,1H3. The third kappa shape index (κ3) is 2.39. The van der Waals surface area contributed by atoms with Crippen LogP contribution in [0.4, 0.5) is 0 Å². The van der Waals surface area contributed by atoms with E-state index < -0.39 is 0 Å². The van der Waals surface area contributed by atoms with Gasteiger partial charge in [0.05, 0.1) is 23.4 Å². The van der Waals surface area contributed by atoms with Crippen LogP contribution in [0.25, 0.3) is 27.7 Å². The number of pyridine rings is 2. The van der Waals surface area contributed by atoms with Gasteiger partial charge < -0.3 is 4.40 Å². The second kappa shape index (κ2) is 5.66. The molecule has 126 valence electrons. The van der Waals surface area contributed by atoms with Crippen molar-refractivity contribution in [1.29, 1.82) is 0 Å². The molecular formula is C19H18BrN5. The normalized spacial score (nSPS) is 15.6. The molecule has 0 spiro atoms. The van der Waals surface area contributed by atoms with Crippen LogP contribution in [0.15, 0.2) is 41.5 Å². The summed E-state index contributed by atoms with van der Waals surface area (Å²) in [6.45, 7) is 2.05. The third-order valence-electron chi connectivity index (χ3n) is 5.27. The number of imidazole rings is 1. The number of halogens is 1. The summed E-state index contributed by atoms with van der Waals surface area (Å²) in [5.74, 6) is 0. The Labute approximate surface area is 153 Å². The lowest BCUT2D eigenvalue weighted by Gasteiger charge is -2.08. The predicted octanol–water partition coefficient (Wildman–Crippen LogP) is 4.93. The van der Waals surface area contributed by atoms with Gasteiger partial charge in [0.2, 0.25) is 0 Å². The molecule has 0 aromatic carbocycles. The highest BCUT2D eigenvalue weighted by Crippen LogP contribution is 2.31. The largest absolute Gasteiger partial charge is 0.303 e. The lowest BCUT2D eigenvalue weighted by Crippen LogP contribution is -2.04. The van der Waals surface area contributed by atoms with Crippen molar-refractivity contribution in [3.8, 4) is 11.1 Å². The lowest BCUT2D eigenvalue weighted by molar-refractivity contribution is 0.467. The van der Waals surface area contributed by atoms with Gasteiger partial charge in [-0.25, -0.2) is 4.98 Å². The Bertz CT molecular complexity index is 1090. The van der Waals surface area contributed by atoms with E-state index >= 15 is 0 Å². The van der Waals surface area contributed by atoms with Gasteiger partial charge in [-0.15, -0.1) is 0 Å². The van der Waals surface area contributed by atoms with Crippen molar-refractivity contribution in [2.24, 2.45) is 0 Å². The summed E-state index contributed by atoms with van der Waals surface area (Å²) in [4.78, 5) is 9.31. The quantitative estimate of drug-likeness (QED) is 0.483. The smallest absolute Gasteiger partial charge is 0.147 e. The van der Waals surface area contributed by atoms with Crippen LogP contribution in [0.1, 0.15) is 37.4 Å². The molecule has 4 aromatic rings. The Morgan fingerprint density at radius 1 is 1.16 bits per heavy atom. The van der Waals surface area contributed by atoms with Gasteiger partial charge >= 0.3 is 0 Å². The first-order valence-electron chi connectivity index (χ1n) is 8.68. The summed E-state index contributed by atoms with van der Waals surface area (Å²) in [7, 11) is 0. The van der Waals surface area contributed by atoms with Crippen LogP contribution in [0, 0.1) is 6.92 Å². The Hall–Kier alpha value is -2.21. The van der Waals surface area contributed by atoms with Gasteiger partial charge in [-0.2, -0.15) is 5.10 Å². The number of fused-ring (bicyclic) bond motifs is 3. The molecule has 1 fully saturated rings. The molecule has 6 heteroatoms. The first-order chi connectivity index (χ1) is 12.2. The molecule has 0 aliphatic heterocycles. The number of hydrogen-bond donors (Lipinski definition) is 0. The molecule has 0 radical (unpaired) electrons. The molecule has 1 aliphatic carbocycles. The number of rotatable bonds is 2. The molecule has 0 saturated heterocycles. The molecule has 4 heterocycles. The molecule has 1 aliphatic rings. The average molecular weight is 396 g/mol. The maximum absolute atomic E-state index is 4.66. The predicted molar refractivity (Wildman–Crippen MR) is 102 cm³/mol. The summed E-state index contributed by atoms with van der Waals surface area (Å²) in [6.07, 6.45) is 13.2. The van der Waals surface area contributed by atoms with E-state index in [0.29, 0.717) is 6.04 Å². The van der Waals surface area contributed by atoms with Crippen LogP contribution in [0.3, 0.4) is 0 Å². The van der Waals surface area contributed by atoms with Gasteiger partial charge in [0.1, 0.15) is 10.3 Å². The van der Waals surface area contributed by atoms with Crippen LogP contribution >= 0.6 is 15.9 Å². The molecule has 0 bridgehead atoms. The third-order valence-corrected chi connectivity index (χ3v) is 6.02. The Morgan fingerprint density at radius 3 is 2.84 bits per heavy atom. The van der Waals surface area contributed by atoms with Crippen molar-refractivity contribution in [3.63, 3.8) is 0 Å². The molecule has 0 amide bonds. The lowest BCUT2D eigenvalue weighted by atomic mass is 10.1. The van der Waals surface area contributed by atoms with E-state index in [4.69, 9.17) is 0 Å². The van der Waals surface area contributed by atoms with Gasteiger partial charge in [0.25, 0.3) is 0 Å². The molecule has 1 saturated carbocycles. The fraction of sp³-hybridized carbons (Fsp3) is 0.316. The van der Waals surface area contributed by atoms with Crippen molar-refractivity contribution in [2.75, 3.05) is 0 Å². The topological polar surface area (TPSA) is 48.0 Å². The van der Waals surface area contributed by atoms with Crippen molar-refractivity contribution >= 4 is 32.5 Å². The van der Waals surface area contributed by atoms with Gasteiger partial charge in [0.15, 0.2) is 0 Å². The highest BCUT2D eigenvalue weighted by Gasteiger charge is 2.18. The number of hydrogen-bond acceptors (Lipinski definition) is 3. The summed E-state index contributed by atoms with van der Waals surface area (Å²) >= 11 is 3.53. The monoisotopic (exact) mass is 395 g/mol. The molecule has 5 nitrogen and oxygen atoms in total. The van der Waals surface area contributed by atoms with E-state index in [-0.39, 0.29) is 0 Å². The molecule has 0 unspecified atom stereocenters. The number of aryl methyl sites for hydroxylation is 1. The minimum absolute atomic E-state index is 0.555. The summed E-state index contributed by atoms with van der Waals surface area (Å²) in [5.41, 5.74) is 5.18. The van der Waals surface area contributed by atoms with Crippen LogP contribution in [0.2, 0.25) is 0 Å². The van der Waals surface area contributed by atoms with E-state index in [9.17, 15) is 0 Å². The average Bonchev–Trinajstić information content (AvgIpc) is 3.36. The van der Waals surface area contributed by atoms with Crippen LogP contribution in [-0.2, 0) is 0 Å². The van der Waals surface area contributed by atoms with Crippen molar-refractivity contribution in [3.05, 3.63) is 47.2 Å². The van der Waals surface area contributed by atoms with Gasteiger partial charge in [-0.3, -0.25) is 9.67 Å². The number of aromatic nitrogens is 5. The van der Waals surface area contributed by atoms with Gasteiger partial charge in [-0.05, 0) is 47.8 Å². The zero-order valence-corrected chi connectivity index (χ0v) is 15.6. The molecule has 5 rings (SSSR count). The van der Waals surface area contributed by atoms with E-state index in [1.165, 1.54) is 25.7 Å². The second-order valence-electron chi connectivity index (χ2n) is 6.80. The first kappa shape index (κ1) is 15.1. The molecule has 0 N–H and O–H groups in total. The van der Waals surface area contributed by atoms with Gasteiger partial charge in [0, 0.05) is 35.1 Å². The minimum Gasteiger partial charge on any atom is -0.303 e. The molecular weight excluding hydrogens is 378 g/mol. The number of nitrogens with zero attached hydrogens (tertiary/aromatic N) is 5. The zero-order valence-electron chi connectivity index (χ0n) is 14.0. The fourth-order valence-electron chi connectivity index (χ4n) is 3.80. The molecule has 25 heavy (non-hydrogen) atoms. The SMILES string of the molecule is Cc1c(Br)nc2c3cc(-c4cnn(C5CCCC5)c4)cnc3ccn12. The minimum atomic E-state index is 0.555. The van der Waals surface area contributed by atoms with E-state index in [2.05, 4.69) is 59.3 Å². The molecule has 0 atom stereocenters. The summed E-state index contributed by atoms with van der Waals surface area (Å²) in [5, 5.41) is 5.65. The Kier molecular flexibility index (Phi) is 3.41. The maximum atomic E-state index is 4.66. The van der Waals surface area contributed by atoms with E-state index in [1.807, 2.05) is 24.7 Å². The highest BCUT2D eigenvalue weighted by molar-refractivity contribution is 9.10. The van der Waals surface area contributed by atoms with Crippen molar-refractivity contribution < 1.29 is 0 Å². The first-order valence-corrected chi connectivity index (χ1v) is 9.47. The second-order valence-corrected chi connectivity index (χ2v) is 7.55. The van der Waals surface area contributed by atoms with E-state index in [0.717, 1.165) is 38.0 Å². The summed E-state index contributed by atoms with van der Waals surface area (Å²) < 4.78 is 5.10.